The molecule has 0 unspecified atom stereocenters. The SMILES string of the molecule is COc1cnc2c(Nc3cnc(F)c([C@]4(C)CS(=O)(=O)[C@@](CF)(C5CC5)C(N)=N4)c3)nccc2c1. The van der Waals surface area contributed by atoms with Gasteiger partial charge in [0.1, 0.15) is 29.3 Å². The molecule has 0 amide bonds. The minimum Gasteiger partial charge on any atom is -0.495 e. The molecule has 3 aromatic heterocycles. The predicted octanol–water partition coefficient (Wildman–Crippen LogP) is 3.04. The Morgan fingerprint density at radius 3 is 2.66 bits per heavy atom. The van der Waals surface area contributed by atoms with Gasteiger partial charge in [-0.15, -0.1) is 0 Å². The van der Waals surface area contributed by atoms with Crippen molar-refractivity contribution in [3.8, 4) is 5.75 Å². The van der Waals surface area contributed by atoms with Crippen molar-refractivity contribution in [1.29, 1.82) is 0 Å². The molecular formula is C23H24F2N6O3S. The van der Waals surface area contributed by atoms with Gasteiger partial charge in [0, 0.05) is 17.1 Å². The van der Waals surface area contributed by atoms with E-state index in [1.807, 2.05) is 0 Å². The fourth-order valence-corrected chi connectivity index (χ4v) is 7.23. The van der Waals surface area contributed by atoms with Gasteiger partial charge in [-0.05, 0) is 43.9 Å². The van der Waals surface area contributed by atoms with E-state index in [9.17, 15) is 17.2 Å². The first kappa shape index (κ1) is 23.3. The van der Waals surface area contributed by atoms with Crippen LogP contribution < -0.4 is 15.8 Å². The number of amidine groups is 1. The van der Waals surface area contributed by atoms with Crippen molar-refractivity contribution < 1.29 is 21.9 Å². The summed E-state index contributed by atoms with van der Waals surface area (Å²) in [4.78, 5) is 16.9. The topological polar surface area (TPSA) is 132 Å². The second-order valence-electron chi connectivity index (χ2n) is 9.12. The van der Waals surface area contributed by atoms with Crippen LogP contribution in [-0.4, -0.2) is 53.5 Å². The van der Waals surface area contributed by atoms with Gasteiger partial charge in [-0.3, -0.25) is 4.99 Å². The first-order chi connectivity index (χ1) is 16.6. The van der Waals surface area contributed by atoms with Crippen LogP contribution in [-0.2, 0) is 15.4 Å². The summed E-state index contributed by atoms with van der Waals surface area (Å²) >= 11 is 0. The summed E-state index contributed by atoms with van der Waals surface area (Å²) in [7, 11) is -2.54. The Hall–Kier alpha value is -3.41. The van der Waals surface area contributed by atoms with E-state index in [1.54, 1.807) is 31.6 Å². The highest BCUT2D eigenvalue weighted by atomic mass is 32.2. The summed E-state index contributed by atoms with van der Waals surface area (Å²) < 4.78 is 59.1. The van der Waals surface area contributed by atoms with Crippen LogP contribution in [0.15, 0.2) is 41.8 Å². The molecule has 3 aromatic rings. The number of hydrogen-bond acceptors (Lipinski definition) is 9. The largest absolute Gasteiger partial charge is 0.495 e. The molecule has 5 rings (SSSR count). The summed E-state index contributed by atoms with van der Waals surface area (Å²) in [6.45, 7) is 0.304. The van der Waals surface area contributed by atoms with Crippen LogP contribution in [0.2, 0.25) is 0 Å². The summed E-state index contributed by atoms with van der Waals surface area (Å²) in [6, 6.07) is 4.98. The maximum absolute atomic E-state index is 14.9. The maximum atomic E-state index is 14.9. The maximum Gasteiger partial charge on any atom is 0.218 e. The Kier molecular flexibility index (Phi) is 5.38. The highest BCUT2D eigenvalue weighted by Gasteiger charge is 2.62. The number of nitrogens with zero attached hydrogens (tertiary/aromatic N) is 4. The zero-order valence-electron chi connectivity index (χ0n) is 19.1. The van der Waals surface area contributed by atoms with Gasteiger partial charge in [0.05, 0.1) is 30.9 Å². The monoisotopic (exact) mass is 502 g/mol. The predicted molar refractivity (Wildman–Crippen MR) is 128 cm³/mol. The molecule has 1 aliphatic carbocycles. The molecule has 1 fully saturated rings. The van der Waals surface area contributed by atoms with Crippen LogP contribution in [0.25, 0.3) is 10.9 Å². The van der Waals surface area contributed by atoms with Crippen molar-refractivity contribution in [3.05, 3.63) is 48.3 Å². The lowest BCUT2D eigenvalue weighted by Gasteiger charge is -2.40. The fourth-order valence-electron chi connectivity index (χ4n) is 4.74. The number of sulfone groups is 1. The number of hydrogen-bond donors (Lipinski definition) is 2. The minimum atomic E-state index is -4.08. The molecule has 0 radical (unpaired) electrons. The number of anilines is 2. The normalized spacial score (nSPS) is 25.8. The van der Waals surface area contributed by atoms with Gasteiger partial charge in [-0.2, -0.15) is 4.39 Å². The van der Waals surface area contributed by atoms with E-state index in [1.165, 1.54) is 19.2 Å². The number of nitrogens with one attached hydrogen (secondary N) is 1. The fraction of sp³-hybridized carbons (Fsp3) is 0.391. The Morgan fingerprint density at radius 2 is 2.00 bits per heavy atom. The lowest BCUT2D eigenvalue weighted by Crippen LogP contribution is -2.61. The van der Waals surface area contributed by atoms with E-state index in [-0.39, 0.29) is 11.4 Å². The van der Waals surface area contributed by atoms with Crippen LogP contribution in [0.1, 0.15) is 25.3 Å². The number of aromatic nitrogens is 3. The van der Waals surface area contributed by atoms with Gasteiger partial charge in [-0.25, -0.2) is 27.8 Å². The molecule has 184 valence electrons. The molecule has 1 aliphatic heterocycles. The first-order valence-corrected chi connectivity index (χ1v) is 12.6. The lowest BCUT2D eigenvalue weighted by molar-refractivity contribution is 0.383. The number of rotatable bonds is 6. The van der Waals surface area contributed by atoms with Crippen LogP contribution >= 0.6 is 0 Å². The zero-order chi connectivity index (χ0) is 25.0. The van der Waals surface area contributed by atoms with Crippen LogP contribution in [0.3, 0.4) is 0 Å². The first-order valence-electron chi connectivity index (χ1n) is 11.0. The van der Waals surface area contributed by atoms with Gasteiger partial charge in [0.15, 0.2) is 20.4 Å². The quantitative estimate of drug-likeness (QED) is 0.492. The molecule has 4 heterocycles. The van der Waals surface area contributed by atoms with Gasteiger partial charge < -0.3 is 15.8 Å². The van der Waals surface area contributed by atoms with Crippen molar-refractivity contribution in [1.82, 2.24) is 15.0 Å². The number of ether oxygens (including phenoxy) is 1. The molecule has 3 N–H and O–H groups in total. The highest BCUT2D eigenvalue weighted by molar-refractivity contribution is 7.93. The van der Waals surface area contributed by atoms with Crippen molar-refractivity contribution in [3.63, 3.8) is 0 Å². The number of pyridine rings is 3. The molecule has 0 bridgehead atoms. The van der Waals surface area contributed by atoms with E-state index in [2.05, 4.69) is 25.3 Å². The van der Waals surface area contributed by atoms with E-state index >= 15 is 0 Å². The number of halogens is 2. The summed E-state index contributed by atoms with van der Waals surface area (Å²) in [5, 5.41) is 3.83. The average Bonchev–Trinajstić information content (AvgIpc) is 3.65. The van der Waals surface area contributed by atoms with E-state index in [0.29, 0.717) is 35.6 Å². The Morgan fingerprint density at radius 1 is 1.23 bits per heavy atom. The highest BCUT2D eigenvalue weighted by Crippen LogP contribution is 2.49. The van der Waals surface area contributed by atoms with Gasteiger partial charge in [0.25, 0.3) is 0 Å². The van der Waals surface area contributed by atoms with Gasteiger partial charge in [0.2, 0.25) is 5.95 Å². The van der Waals surface area contributed by atoms with Crippen molar-refractivity contribution >= 4 is 38.1 Å². The molecule has 1 saturated carbocycles. The zero-order valence-corrected chi connectivity index (χ0v) is 19.9. The standard InChI is InChI=1S/C23H24F2N6O3S/c1-22(12-35(32,33)23(11-24,14-3-4-14)21(26)31-22)17-8-15(9-29-19(17)25)30-20-18-13(5-6-27-20)7-16(34-2)10-28-18/h5-10,14H,3-4,11-12H2,1-2H3,(H2,26,31)(H,27,30)/t22-,23-/m0/s1. The van der Waals surface area contributed by atoms with Crippen molar-refractivity contribution in [2.45, 2.75) is 30.1 Å². The van der Waals surface area contributed by atoms with Crippen molar-refractivity contribution in [2.24, 2.45) is 16.6 Å². The van der Waals surface area contributed by atoms with E-state index in [0.717, 1.165) is 5.39 Å². The third-order valence-electron chi connectivity index (χ3n) is 6.75. The summed E-state index contributed by atoms with van der Waals surface area (Å²) in [5.41, 5.74) is 5.33. The minimum absolute atomic E-state index is 0.0767. The average molecular weight is 503 g/mol. The summed E-state index contributed by atoms with van der Waals surface area (Å²) in [6.07, 6.45) is 5.50. The molecular weight excluding hydrogens is 478 g/mol. The molecule has 0 saturated heterocycles. The van der Waals surface area contributed by atoms with Gasteiger partial charge in [-0.1, -0.05) is 0 Å². The number of nitrogens with two attached hydrogens (primary N) is 1. The molecule has 9 nitrogen and oxygen atoms in total. The Bertz CT molecular complexity index is 1460. The number of fused-ring (bicyclic) bond motifs is 1. The summed E-state index contributed by atoms with van der Waals surface area (Å²) in [5.74, 6) is -1.24. The Balaban J connectivity index is 1.55. The molecule has 35 heavy (non-hydrogen) atoms. The molecule has 0 aromatic carbocycles. The third kappa shape index (κ3) is 3.67. The molecule has 2 atom stereocenters. The van der Waals surface area contributed by atoms with Gasteiger partial charge >= 0.3 is 0 Å². The lowest BCUT2D eigenvalue weighted by atomic mass is 9.93. The van der Waals surface area contributed by atoms with Crippen LogP contribution in [0.5, 0.6) is 5.75 Å². The van der Waals surface area contributed by atoms with E-state index < -0.39 is 44.4 Å². The number of aliphatic imine (C=N–C) groups is 1. The number of methoxy groups -OCH3 is 1. The smallest absolute Gasteiger partial charge is 0.218 e. The Labute approximate surface area is 200 Å². The second-order valence-corrected chi connectivity index (χ2v) is 11.4. The van der Waals surface area contributed by atoms with Crippen LogP contribution in [0, 0.1) is 11.9 Å². The van der Waals surface area contributed by atoms with E-state index in [4.69, 9.17) is 10.5 Å². The molecule has 0 spiro atoms. The number of alkyl halides is 1. The van der Waals surface area contributed by atoms with Crippen molar-refractivity contribution in [2.75, 3.05) is 24.9 Å². The molecule has 2 aliphatic rings. The molecule has 12 heteroatoms. The second kappa shape index (κ2) is 8.08. The third-order valence-corrected chi connectivity index (χ3v) is 9.46. The van der Waals surface area contributed by atoms with Crippen LogP contribution in [0.4, 0.5) is 20.3 Å².